The highest BCUT2D eigenvalue weighted by Crippen LogP contribution is 2.35. The third-order valence-corrected chi connectivity index (χ3v) is 9.18. The average Bonchev–Trinajstić information content (AvgIpc) is 3.07. The zero-order valence-corrected chi connectivity index (χ0v) is 26.6. The number of hydrogen-bond donors (Lipinski definition) is 1. The van der Waals surface area contributed by atoms with E-state index in [4.69, 9.17) is 0 Å². The molecule has 2 aliphatic heterocycles. The van der Waals surface area contributed by atoms with Gasteiger partial charge in [0.2, 0.25) is 0 Å². The maximum absolute atomic E-state index is 13.4. The molecular formula is C36H37N5O6. The van der Waals surface area contributed by atoms with Gasteiger partial charge in [0, 0.05) is 65.3 Å². The molecule has 11 heteroatoms. The average molecular weight is 636 g/mol. The van der Waals surface area contributed by atoms with Crippen LogP contribution in [0, 0.1) is 17.0 Å². The predicted molar refractivity (Wildman–Crippen MR) is 179 cm³/mol. The lowest BCUT2D eigenvalue weighted by Crippen LogP contribution is -2.45. The number of carbonyl (C=O) groups excluding carboxylic acids is 4. The van der Waals surface area contributed by atoms with E-state index in [0.29, 0.717) is 42.7 Å². The number of rotatable bonds is 14. The molecule has 0 spiro atoms. The molecule has 4 aromatic carbocycles. The van der Waals surface area contributed by atoms with Crippen LogP contribution in [-0.2, 0) is 0 Å². The molecule has 4 amide bonds. The summed E-state index contributed by atoms with van der Waals surface area (Å²) in [4.78, 5) is 69.1. The van der Waals surface area contributed by atoms with E-state index in [9.17, 15) is 29.3 Å². The normalized spacial score (nSPS) is 14.3. The van der Waals surface area contributed by atoms with Crippen molar-refractivity contribution < 1.29 is 24.1 Å². The number of non-ortho nitro benzene ring substituents is 1. The van der Waals surface area contributed by atoms with Gasteiger partial charge in [-0.15, -0.1) is 0 Å². The lowest BCUT2D eigenvalue weighted by Gasteiger charge is -2.30. The van der Waals surface area contributed by atoms with Crippen LogP contribution in [0.2, 0.25) is 0 Å². The minimum Gasteiger partial charge on any atom is -0.315 e. The third-order valence-electron chi connectivity index (χ3n) is 9.18. The zero-order chi connectivity index (χ0) is 33.2. The van der Waals surface area contributed by atoms with Crippen LogP contribution < -0.4 is 5.32 Å². The van der Waals surface area contributed by atoms with E-state index in [1.807, 2.05) is 31.2 Å². The van der Waals surface area contributed by atoms with Crippen molar-refractivity contribution in [2.24, 2.45) is 0 Å². The van der Waals surface area contributed by atoms with E-state index in [1.54, 1.807) is 24.3 Å². The predicted octanol–water partition coefficient (Wildman–Crippen LogP) is 5.18. The molecule has 2 heterocycles. The highest BCUT2D eigenvalue weighted by Gasteiger charge is 2.35. The molecule has 0 aliphatic carbocycles. The second-order valence-electron chi connectivity index (χ2n) is 12.1. The lowest BCUT2D eigenvalue weighted by atomic mass is 9.92. The lowest BCUT2D eigenvalue weighted by molar-refractivity contribution is -0.383. The van der Waals surface area contributed by atoms with Crippen LogP contribution in [0.3, 0.4) is 0 Å². The van der Waals surface area contributed by atoms with E-state index in [-0.39, 0.29) is 40.6 Å². The van der Waals surface area contributed by atoms with Gasteiger partial charge in [-0.25, -0.2) is 0 Å². The second-order valence-corrected chi connectivity index (χ2v) is 12.1. The van der Waals surface area contributed by atoms with E-state index < -0.39 is 16.7 Å². The number of carbonyl (C=O) groups is 4. The van der Waals surface area contributed by atoms with Crippen LogP contribution in [0.5, 0.6) is 0 Å². The summed E-state index contributed by atoms with van der Waals surface area (Å²) in [6, 6.07) is 16.9. The molecule has 0 bridgehead atoms. The Morgan fingerprint density at radius 2 is 1.23 bits per heavy atom. The first-order valence-electron chi connectivity index (χ1n) is 16.1. The Labute approximate surface area is 272 Å². The largest absolute Gasteiger partial charge is 0.315 e. The molecule has 0 atom stereocenters. The van der Waals surface area contributed by atoms with Crippen molar-refractivity contribution in [1.82, 2.24) is 20.0 Å². The number of benzene rings is 4. The molecule has 0 unspecified atom stereocenters. The van der Waals surface area contributed by atoms with E-state index in [1.165, 1.54) is 21.9 Å². The third kappa shape index (κ3) is 5.88. The van der Waals surface area contributed by atoms with Crippen LogP contribution in [0.15, 0.2) is 60.7 Å². The number of nitrogens with one attached hydrogen (secondary N) is 1. The number of hydrogen-bond acceptors (Lipinski definition) is 8. The molecule has 11 nitrogen and oxygen atoms in total. The SMILES string of the molecule is CCCCN(CCCNCCN1C(=O)c2cccc3c([N+](=O)[O-])ccc(c23)C1=O)CCN1C(=O)c2cccc3c(C)ccc(c23)C1=O. The molecule has 0 fully saturated rings. The number of imide groups is 2. The van der Waals surface area contributed by atoms with Gasteiger partial charge in [0.1, 0.15) is 0 Å². The Kier molecular flexibility index (Phi) is 9.10. The first-order chi connectivity index (χ1) is 22.7. The maximum Gasteiger partial charge on any atom is 0.277 e. The summed E-state index contributed by atoms with van der Waals surface area (Å²) < 4.78 is 0. The van der Waals surface area contributed by atoms with Crippen LogP contribution in [0.4, 0.5) is 5.69 Å². The molecule has 1 N–H and O–H groups in total. The summed E-state index contributed by atoms with van der Waals surface area (Å²) in [5, 5.41) is 17.1. The number of nitro groups is 1. The van der Waals surface area contributed by atoms with Crippen molar-refractivity contribution in [3.8, 4) is 0 Å². The van der Waals surface area contributed by atoms with Gasteiger partial charge < -0.3 is 10.2 Å². The van der Waals surface area contributed by atoms with Crippen LogP contribution >= 0.6 is 0 Å². The second kappa shape index (κ2) is 13.4. The van der Waals surface area contributed by atoms with Gasteiger partial charge in [0.15, 0.2) is 0 Å². The van der Waals surface area contributed by atoms with Crippen molar-refractivity contribution in [3.63, 3.8) is 0 Å². The Balaban J connectivity index is 1.02. The van der Waals surface area contributed by atoms with Gasteiger partial charge in [0.25, 0.3) is 29.3 Å². The van der Waals surface area contributed by atoms with Gasteiger partial charge in [0.05, 0.1) is 10.3 Å². The van der Waals surface area contributed by atoms with E-state index >= 15 is 0 Å². The number of aryl methyl sites for hydroxylation is 1. The molecule has 0 aromatic heterocycles. The highest BCUT2D eigenvalue weighted by molar-refractivity contribution is 6.27. The van der Waals surface area contributed by atoms with E-state index in [2.05, 4.69) is 17.1 Å². The molecule has 47 heavy (non-hydrogen) atoms. The van der Waals surface area contributed by atoms with Crippen LogP contribution in [0.25, 0.3) is 21.5 Å². The maximum atomic E-state index is 13.4. The van der Waals surface area contributed by atoms with Crippen molar-refractivity contribution in [3.05, 3.63) is 98.6 Å². The first-order valence-corrected chi connectivity index (χ1v) is 16.1. The molecule has 242 valence electrons. The van der Waals surface area contributed by atoms with E-state index in [0.717, 1.165) is 48.7 Å². The fourth-order valence-corrected chi connectivity index (χ4v) is 6.69. The van der Waals surface area contributed by atoms with Gasteiger partial charge in [-0.05, 0) is 80.7 Å². The Hall–Kier alpha value is -5.00. The molecule has 0 radical (unpaired) electrons. The summed E-state index contributed by atoms with van der Waals surface area (Å²) in [5.74, 6) is -1.43. The number of nitrogens with zero attached hydrogens (tertiary/aromatic N) is 4. The fourth-order valence-electron chi connectivity index (χ4n) is 6.69. The highest BCUT2D eigenvalue weighted by atomic mass is 16.6. The summed E-state index contributed by atoms with van der Waals surface area (Å²) in [5.41, 5.74) is 2.60. The Bertz CT molecular complexity index is 1890. The molecule has 0 saturated carbocycles. The van der Waals surface area contributed by atoms with Crippen LogP contribution in [0.1, 0.15) is 73.2 Å². The summed E-state index contributed by atoms with van der Waals surface area (Å²) in [6.45, 7) is 7.77. The number of amides is 4. The monoisotopic (exact) mass is 635 g/mol. The van der Waals surface area contributed by atoms with Crippen molar-refractivity contribution in [2.75, 3.05) is 45.8 Å². The van der Waals surface area contributed by atoms with Gasteiger partial charge in [-0.1, -0.05) is 37.6 Å². The minimum absolute atomic E-state index is 0.138. The number of nitro benzene ring substituents is 1. The molecule has 4 aromatic rings. The zero-order valence-electron chi connectivity index (χ0n) is 26.6. The molecular weight excluding hydrogens is 598 g/mol. The fraction of sp³-hybridized carbons (Fsp3) is 0.333. The quantitative estimate of drug-likeness (QED) is 0.0867. The summed E-state index contributed by atoms with van der Waals surface area (Å²) in [7, 11) is 0. The van der Waals surface area contributed by atoms with Crippen molar-refractivity contribution in [1.29, 1.82) is 0 Å². The summed E-state index contributed by atoms with van der Waals surface area (Å²) >= 11 is 0. The Morgan fingerprint density at radius 3 is 1.87 bits per heavy atom. The standard InChI is InChI=1S/C36H37N5O6/c1-3-4-18-38(21-22-40-34(43)26-10-5-8-24-23(2)12-13-28(31(24)26)36(40)45)19-7-16-37-17-20-39-33(42)27-11-6-9-25-30(41(46)47)15-14-29(32(25)27)35(39)44/h5-6,8-15,37H,3-4,7,16-22H2,1-2H3. The minimum atomic E-state index is -0.510. The Morgan fingerprint density at radius 1 is 0.681 bits per heavy atom. The van der Waals surface area contributed by atoms with Crippen LogP contribution in [-0.4, -0.2) is 89.1 Å². The summed E-state index contributed by atoms with van der Waals surface area (Å²) in [6.07, 6.45) is 2.81. The molecule has 6 rings (SSSR count). The first kappa shape index (κ1) is 32.0. The topological polar surface area (TPSA) is 133 Å². The molecule has 2 aliphatic rings. The van der Waals surface area contributed by atoms with Gasteiger partial charge >= 0.3 is 0 Å². The van der Waals surface area contributed by atoms with Gasteiger partial charge in [-0.3, -0.25) is 39.1 Å². The van der Waals surface area contributed by atoms with Gasteiger partial charge in [-0.2, -0.15) is 0 Å². The van der Waals surface area contributed by atoms with Crippen molar-refractivity contribution >= 4 is 50.9 Å². The number of unbranched alkanes of at least 4 members (excludes halogenated alkanes) is 1. The molecule has 0 saturated heterocycles. The smallest absolute Gasteiger partial charge is 0.277 e. The van der Waals surface area contributed by atoms with Crippen molar-refractivity contribution in [2.45, 2.75) is 33.1 Å².